The van der Waals surface area contributed by atoms with Gasteiger partial charge >= 0.3 is 0 Å². The lowest BCUT2D eigenvalue weighted by molar-refractivity contribution is -0.385. The van der Waals surface area contributed by atoms with Crippen molar-refractivity contribution in [2.45, 2.75) is 6.92 Å². The van der Waals surface area contributed by atoms with Crippen LogP contribution in [0.15, 0.2) is 47.3 Å². The van der Waals surface area contributed by atoms with E-state index >= 15 is 0 Å². The lowest BCUT2D eigenvalue weighted by atomic mass is 10.1. The van der Waals surface area contributed by atoms with E-state index in [0.29, 0.717) is 22.0 Å². The van der Waals surface area contributed by atoms with Crippen LogP contribution >= 0.6 is 0 Å². The van der Waals surface area contributed by atoms with Crippen LogP contribution in [0.4, 0.5) is 11.4 Å². The molecule has 126 valence electrons. The summed E-state index contributed by atoms with van der Waals surface area (Å²) in [7, 11) is 1.46. The van der Waals surface area contributed by atoms with Gasteiger partial charge in [0.2, 0.25) is 0 Å². The van der Waals surface area contributed by atoms with Crippen LogP contribution in [0.5, 0.6) is 0 Å². The summed E-state index contributed by atoms with van der Waals surface area (Å²) in [6.07, 6.45) is 0. The summed E-state index contributed by atoms with van der Waals surface area (Å²) < 4.78 is 1.09. The number of hydrogen-bond acceptors (Lipinski definition) is 5. The van der Waals surface area contributed by atoms with Gasteiger partial charge in [0, 0.05) is 18.5 Å². The third-order valence-corrected chi connectivity index (χ3v) is 3.92. The molecule has 8 heteroatoms. The Bertz CT molecular complexity index is 1070. The Morgan fingerprint density at radius 3 is 2.52 bits per heavy atom. The molecule has 1 N–H and O–H groups in total. The number of anilines is 1. The predicted molar refractivity (Wildman–Crippen MR) is 92.8 cm³/mol. The van der Waals surface area contributed by atoms with Crippen LogP contribution in [0.3, 0.4) is 0 Å². The summed E-state index contributed by atoms with van der Waals surface area (Å²) in [5.41, 5.74) is 0.340. The Balaban J connectivity index is 2.08. The molecule has 1 amide bonds. The Kier molecular flexibility index (Phi) is 4.02. The van der Waals surface area contributed by atoms with Gasteiger partial charge in [-0.15, -0.1) is 0 Å². The number of rotatable bonds is 3. The summed E-state index contributed by atoms with van der Waals surface area (Å²) in [5.74, 6) is -0.546. The molecule has 0 aliphatic heterocycles. The minimum atomic E-state index is -0.546. The zero-order chi connectivity index (χ0) is 18.1. The van der Waals surface area contributed by atoms with Gasteiger partial charge in [-0.2, -0.15) is 5.10 Å². The second-order valence-corrected chi connectivity index (χ2v) is 5.48. The lowest BCUT2D eigenvalue weighted by Gasteiger charge is -2.10. The molecule has 1 heterocycles. The fourth-order valence-electron chi connectivity index (χ4n) is 2.61. The van der Waals surface area contributed by atoms with Gasteiger partial charge in [0.15, 0.2) is 5.69 Å². The van der Waals surface area contributed by atoms with Crippen LogP contribution in [0.25, 0.3) is 10.8 Å². The maximum atomic E-state index is 12.7. The van der Waals surface area contributed by atoms with E-state index < -0.39 is 10.8 Å². The van der Waals surface area contributed by atoms with E-state index in [9.17, 15) is 19.7 Å². The molecular formula is C17H14N4O4. The highest BCUT2D eigenvalue weighted by molar-refractivity contribution is 6.11. The highest BCUT2D eigenvalue weighted by Gasteiger charge is 2.19. The van der Waals surface area contributed by atoms with Crippen molar-refractivity contribution in [1.29, 1.82) is 0 Å². The molecule has 0 saturated heterocycles. The third kappa shape index (κ3) is 2.85. The van der Waals surface area contributed by atoms with Gasteiger partial charge < -0.3 is 5.32 Å². The zero-order valence-corrected chi connectivity index (χ0v) is 13.5. The Hall–Kier alpha value is -3.55. The van der Waals surface area contributed by atoms with E-state index in [1.807, 2.05) is 0 Å². The van der Waals surface area contributed by atoms with Crippen molar-refractivity contribution in [2.75, 3.05) is 5.32 Å². The van der Waals surface area contributed by atoms with Crippen LogP contribution < -0.4 is 10.9 Å². The van der Waals surface area contributed by atoms with Gasteiger partial charge in [-0.3, -0.25) is 19.7 Å². The molecule has 0 spiro atoms. The van der Waals surface area contributed by atoms with Crippen molar-refractivity contribution in [1.82, 2.24) is 9.78 Å². The first-order valence-corrected chi connectivity index (χ1v) is 7.41. The number of fused-ring (bicyclic) bond motifs is 1. The van der Waals surface area contributed by atoms with Gasteiger partial charge in [0.25, 0.3) is 17.2 Å². The first kappa shape index (κ1) is 16.3. The molecular weight excluding hydrogens is 324 g/mol. The molecule has 0 atom stereocenters. The van der Waals surface area contributed by atoms with Crippen molar-refractivity contribution in [2.24, 2.45) is 7.05 Å². The molecule has 1 aromatic heterocycles. The van der Waals surface area contributed by atoms with Crippen molar-refractivity contribution >= 4 is 28.1 Å². The maximum absolute atomic E-state index is 12.7. The van der Waals surface area contributed by atoms with Gasteiger partial charge in [-0.25, -0.2) is 4.68 Å². The summed E-state index contributed by atoms with van der Waals surface area (Å²) in [6.45, 7) is 1.56. The molecule has 0 unspecified atom stereocenters. The number of nitrogens with one attached hydrogen (secondary N) is 1. The van der Waals surface area contributed by atoms with Gasteiger partial charge in [-0.1, -0.05) is 24.3 Å². The van der Waals surface area contributed by atoms with E-state index in [1.165, 1.54) is 19.2 Å². The fraction of sp³-hybridized carbons (Fsp3) is 0.118. The maximum Gasteiger partial charge on any atom is 0.276 e. The van der Waals surface area contributed by atoms with E-state index in [-0.39, 0.29) is 16.9 Å². The molecule has 0 fully saturated rings. The largest absolute Gasteiger partial charge is 0.320 e. The van der Waals surface area contributed by atoms with Crippen LogP contribution in [0.1, 0.15) is 16.1 Å². The second-order valence-electron chi connectivity index (χ2n) is 5.48. The Labute approximate surface area is 141 Å². The van der Waals surface area contributed by atoms with Crippen LogP contribution in [-0.2, 0) is 7.05 Å². The molecule has 25 heavy (non-hydrogen) atoms. The molecule has 0 bridgehead atoms. The van der Waals surface area contributed by atoms with E-state index in [4.69, 9.17) is 0 Å². The number of carbonyl (C=O) groups is 1. The van der Waals surface area contributed by atoms with Crippen LogP contribution in [0.2, 0.25) is 0 Å². The number of benzene rings is 2. The van der Waals surface area contributed by atoms with E-state index in [0.717, 1.165) is 4.68 Å². The highest BCUT2D eigenvalue weighted by atomic mass is 16.6. The Morgan fingerprint density at radius 2 is 1.84 bits per heavy atom. The van der Waals surface area contributed by atoms with Gasteiger partial charge in [-0.05, 0) is 19.1 Å². The lowest BCUT2D eigenvalue weighted by Crippen LogP contribution is -2.25. The standard InChI is InChI=1S/C17H14N4O4/c1-10-13(8-5-9-14(10)21(24)25)18-16(22)15-11-6-3-4-7-12(11)17(23)20(2)19-15/h3-9H,1-2H3,(H,18,22). The molecule has 0 aliphatic carbocycles. The molecule has 0 saturated carbocycles. The number of carbonyl (C=O) groups excluding carboxylic acids is 1. The molecule has 0 radical (unpaired) electrons. The Morgan fingerprint density at radius 1 is 1.16 bits per heavy atom. The summed E-state index contributed by atoms with van der Waals surface area (Å²) >= 11 is 0. The first-order valence-electron chi connectivity index (χ1n) is 7.41. The zero-order valence-electron chi connectivity index (χ0n) is 13.5. The SMILES string of the molecule is Cc1c(NC(=O)c2nn(C)c(=O)c3ccccc23)cccc1[N+](=O)[O-]. The number of nitrogens with zero attached hydrogens (tertiary/aromatic N) is 3. The number of aryl methyl sites for hydroxylation is 1. The number of amides is 1. The third-order valence-electron chi connectivity index (χ3n) is 3.92. The second kappa shape index (κ2) is 6.16. The number of hydrogen-bond donors (Lipinski definition) is 1. The van der Waals surface area contributed by atoms with Crippen LogP contribution in [0, 0.1) is 17.0 Å². The summed E-state index contributed by atoms with van der Waals surface area (Å²) in [6, 6.07) is 11.1. The van der Waals surface area contributed by atoms with Crippen molar-refractivity contribution in [3.05, 3.63) is 74.2 Å². The summed E-state index contributed by atoms with van der Waals surface area (Å²) in [4.78, 5) is 35.3. The molecule has 0 aliphatic rings. The van der Waals surface area contributed by atoms with Crippen LogP contribution in [-0.4, -0.2) is 20.6 Å². The van der Waals surface area contributed by atoms with Crippen molar-refractivity contribution in [3.8, 4) is 0 Å². The van der Waals surface area contributed by atoms with E-state index in [2.05, 4.69) is 10.4 Å². The normalized spacial score (nSPS) is 10.6. The number of nitro benzene ring substituents is 1. The predicted octanol–water partition coefficient (Wildman–Crippen LogP) is 2.40. The van der Waals surface area contributed by atoms with E-state index in [1.54, 1.807) is 37.3 Å². The molecule has 8 nitrogen and oxygen atoms in total. The smallest absolute Gasteiger partial charge is 0.276 e. The van der Waals surface area contributed by atoms with Crippen molar-refractivity contribution in [3.63, 3.8) is 0 Å². The molecule has 2 aromatic carbocycles. The van der Waals surface area contributed by atoms with Gasteiger partial charge in [0.05, 0.1) is 21.6 Å². The monoisotopic (exact) mass is 338 g/mol. The molecule has 3 rings (SSSR count). The highest BCUT2D eigenvalue weighted by Crippen LogP contribution is 2.25. The van der Waals surface area contributed by atoms with Gasteiger partial charge in [0.1, 0.15) is 0 Å². The van der Waals surface area contributed by atoms with Crippen molar-refractivity contribution < 1.29 is 9.72 Å². The average molecular weight is 338 g/mol. The quantitative estimate of drug-likeness (QED) is 0.583. The number of aromatic nitrogens is 2. The molecule has 3 aromatic rings. The number of nitro groups is 1. The topological polar surface area (TPSA) is 107 Å². The summed E-state index contributed by atoms with van der Waals surface area (Å²) in [5, 5.41) is 18.5. The minimum absolute atomic E-state index is 0.0728. The average Bonchev–Trinajstić information content (AvgIpc) is 2.59. The fourth-order valence-corrected chi connectivity index (χ4v) is 2.61. The minimum Gasteiger partial charge on any atom is -0.320 e. The first-order chi connectivity index (χ1) is 11.9.